The molecule has 4 rings (SSSR count). The molecule has 1 N–H and O–H groups in total. The van der Waals surface area contributed by atoms with Gasteiger partial charge in [-0.25, -0.2) is 4.39 Å². The van der Waals surface area contributed by atoms with E-state index in [9.17, 15) is 9.18 Å². The van der Waals surface area contributed by atoms with E-state index < -0.39 is 0 Å². The number of thioether (sulfide) groups is 2. The molecule has 3 fully saturated rings. The molecule has 1 amide bonds. The van der Waals surface area contributed by atoms with Crippen molar-refractivity contribution < 1.29 is 9.18 Å². The van der Waals surface area contributed by atoms with Crippen LogP contribution in [0.25, 0.3) is 0 Å². The Kier molecular flexibility index (Phi) is 4.59. The Morgan fingerprint density at radius 1 is 1.21 bits per heavy atom. The zero-order chi connectivity index (χ0) is 16.7. The largest absolute Gasteiger partial charge is 0.326 e. The Labute approximate surface area is 151 Å². The summed E-state index contributed by atoms with van der Waals surface area (Å²) >= 11 is 4.32. The van der Waals surface area contributed by atoms with Crippen molar-refractivity contribution >= 4 is 35.1 Å². The lowest BCUT2D eigenvalue weighted by molar-refractivity contribution is -0.122. The molecule has 3 aliphatic rings. The molecule has 0 unspecified atom stereocenters. The number of nitrogens with one attached hydrogen (secondary N) is 1. The highest BCUT2D eigenvalue weighted by molar-refractivity contribution is 8.21. The molecule has 2 saturated carbocycles. The Morgan fingerprint density at radius 2 is 1.88 bits per heavy atom. The quantitative estimate of drug-likeness (QED) is 0.793. The number of carbonyl (C=O) groups excluding carboxylic acids is 1. The van der Waals surface area contributed by atoms with Crippen molar-refractivity contribution in [2.75, 3.05) is 16.8 Å². The summed E-state index contributed by atoms with van der Waals surface area (Å²) in [6.07, 6.45) is 5.83. The van der Waals surface area contributed by atoms with Gasteiger partial charge < -0.3 is 5.32 Å². The normalized spacial score (nSPS) is 31.2. The zero-order valence-electron chi connectivity index (χ0n) is 14.0. The minimum absolute atomic E-state index is 0.0791. The van der Waals surface area contributed by atoms with E-state index >= 15 is 0 Å². The van der Waals surface area contributed by atoms with Crippen molar-refractivity contribution in [2.45, 2.75) is 43.1 Å². The highest BCUT2D eigenvalue weighted by atomic mass is 32.2. The minimum Gasteiger partial charge on any atom is -0.326 e. The first-order chi connectivity index (χ1) is 11.6. The second-order valence-corrected chi connectivity index (χ2v) is 10.4. The number of anilines is 1. The molecule has 5 heteroatoms. The van der Waals surface area contributed by atoms with E-state index in [4.69, 9.17) is 0 Å². The van der Waals surface area contributed by atoms with E-state index in [0.29, 0.717) is 21.6 Å². The molecule has 1 aromatic rings. The van der Waals surface area contributed by atoms with Crippen LogP contribution >= 0.6 is 23.5 Å². The van der Waals surface area contributed by atoms with Crippen LogP contribution in [-0.4, -0.2) is 21.5 Å². The summed E-state index contributed by atoms with van der Waals surface area (Å²) in [6.45, 7) is 1.91. The third-order valence-corrected chi connectivity index (χ3v) is 9.97. The maximum Gasteiger partial charge on any atom is 0.227 e. The summed E-state index contributed by atoms with van der Waals surface area (Å²) in [5, 5.41) is 3.00. The van der Waals surface area contributed by atoms with Gasteiger partial charge in [0, 0.05) is 23.1 Å². The first-order valence-corrected chi connectivity index (χ1v) is 10.9. The number of benzene rings is 1. The summed E-state index contributed by atoms with van der Waals surface area (Å²) < 4.78 is 13.9. The van der Waals surface area contributed by atoms with E-state index in [2.05, 4.69) is 28.8 Å². The van der Waals surface area contributed by atoms with Gasteiger partial charge in [0.25, 0.3) is 0 Å². The van der Waals surface area contributed by atoms with E-state index in [0.717, 1.165) is 18.4 Å². The monoisotopic (exact) mass is 365 g/mol. The first kappa shape index (κ1) is 16.8. The van der Waals surface area contributed by atoms with Crippen LogP contribution in [0.5, 0.6) is 0 Å². The van der Waals surface area contributed by atoms with Crippen LogP contribution in [0.2, 0.25) is 0 Å². The second-order valence-electron chi connectivity index (χ2n) is 7.36. The molecule has 1 spiro atoms. The molecule has 1 saturated heterocycles. The van der Waals surface area contributed by atoms with Crippen LogP contribution in [0.1, 0.15) is 37.7 Å². The maximum atomic E-state index is 13.5. The van der Waals surface area contributed by atoms with Gasteiger partial charge in [-0.3, -0.25) is 4.79 Å². The van der Waals surface area contributed by atoms with Gasteiger partial charge in [-0.1, -0.05) is 12.5 Å². The lowest BCUT2D eigenvalue weighted by atomic mass is 9.67. The fraction of sp³-hybridized carbons (Fsp3) is 0.632. The average Bonchev–Trinajstić information content (AvgIpc) is 3.00. The average molecular weight is 366 g/mol. The SMILES string of the molecule is Cc1ccc(F)cc1NC(=O)C1C[C@H]2CCC[C@H](C1)C21SCCS1. The van der Waals surface area contributed by atoms with E-state index in [-0.39, 0.29) is 17.6 Å². The predicted octanol–water partition coefficient (Wildman–Crippen LogP) is 5.08. The lowest BCUT2D eigenvalue weighted by Crippen LogP contribution is -2.48. The Hall–Kier alpha value is -0.680. The highest BCUT2D eigenvalue weighted by Gasteiger charge is 2.55. The lowest BCUT2D eigenvalue weighted by Gasteiger charge is -2.52. The van der Waals surface area contributed by atoms with Crippen LogP contribution in [0.4, 0.5) is 10.1 Å². The molecule has 0 radical (unpaired) electrons. The number of amides is 1. The fourth-order valence-electron chi connectivity index (χ4n) is 4.79. The minimum atomic E-state index is -0.297. The van der Waals surface area contributed by atoms with Crippen molar-refractivity contribution in [2.24, 2.45) is 17.8 Å². The maximum absolute atomic E-state index is 13.5. The van der Waals surface area contributed by atoms with Crippen molar-refractivity contribution in [3.8, 4) is 0 Å². The number of halogens is 1. The first-order valence-electron chi connectivity index (χ1n) is 8.93. The molecule has 1 heterocycles. The molecule has 130 valence electrons. The molecule has 2 aliphatic carbocycles. The van der Waals surface area contributed by atoms with Crippen molar-refractivity contribution in [3.05, 3.63) is 29.6 Å². The van der Waals surface area contributed by atoms with Gasteiger partial charge in [0.05, 0.1) is 4.08 Å². The fourth-order valence-corrected chi connectivity index (χ4v) is 8.72. The standard InChI is InChI=1S/C19H24FNOS2/c1-12-5-6-16(20)11-17(12)21-18(22)13-9-14-3-2-4-15(10-13)19(14)23-7-8-24-19/h5-6,11,13-15H,2-4,7-10H2,1H3,(H,21,22)/t14-,15-/m1/s1. The number of carbonyl (C=O) groups is 1. The molecule has 2 atom stereocenters. The predicted molar refractivity (Wildman–Crippen MR) is 101 cm³/mol. The van der Waals surface area contributed by atoms with Crippen LogP contribution in [-0.2, 0) is 4.79 Å². The van der Waals surface area contributed by atoms with Gasteiger partial charge in [0.1, 0.15) is 5.82 Å². The topological polar surface area (TPSA) is 29.1 Å². The van der Waals surface area contributed by atoms with Gasteiger partial charge >= 0.3 is 0 Å². The molecule has 0 aromatic heterocycles. The highest BCUT2D eigenvalue weighted by Crippen LogP contribution is 2.64. The Balaban J connectivity index is 1.50. The molecule has 1 aromatic carbocycles. The summed E-state index contributed by atoms with van der Waals surface area (Å²) in [5.41, 5.74) is 1.54. The van der Waals surface area contributed by atoms with Crippen molar-refractivity contribution in [1.82, 2.24) is 0 Å². The summed E-state index contributed by atoms with van der Waals surface area (Å²) in [6, 6.07) is 4.59. The Morgan fingerprint density at radius 3 is 2.54 bits per heavy atom. The third kappa shape index (κ3) is 2.88. The van der Waals surface area contributed by atoms with Gasteiger partial charge in [-0.15, -0.1) is 23.5 Å². The van der Waals surface area contributed by atoms with Gasteiger partial charge in [-0.05, 0) is 62.1 Å². The van der Waals surface area contributed by atoms with Gasteiger partial charge in [0.15, 0.2) is 0 Å². The van der Waals surface area contributed by atoms with Gasteiger partial charge in [0.2, 0.25) is 5.91 Å². The second kappa shape index (κ2) is 6.56. The molecule has 2 nitrogen and oxygen atoms in total. The summed E-state index contributed by atoms with van der Waals surface area (Å²) in [7, 11) is 0. The third-order valence-electron chi connectivity index (χ3n) is 5.95. The number of rotatable bonds is 2. The van der Waals surface area contributed by atoms with E-state index in [1.165, 1.54) is 42.9 Å². The Bertz CT molecular complexity index is 628. The smallest absolute Gasteiger partial charge is 0.227 e. The molecular formula is C19H24FNOS2. The molecular weight excluding hydrogens is 341 g/mol. The molecule has 24 heavy (non-hydrogen) atoms. The van der Waals surface area contributed by atoms with Crippen LogP contribution in [0, 0.1) is 30.5 Å². The molecule has 2 bridgehead atoms. The summed E-state index contributed by atoms with van der Waals surface area (Å²) in [4.78, 5) is 12.8. The van der Waals surface area contributed by atoms with Crippen LogP contribution < -0.4 is 5.32 Å². The van der Waals surface area contributed by atoms with Crippen molar-refractivity contribution in [1.29, 1.82) is 0 Å². The van der Waals surface area contributed by atoms with E-state index in [1.807, 2.05) is 6.92 Å². The number of aryl methyl sites for hydroxylation is 1. The van der Waals surface area contributed by atoms with Gasteiger partial charge in [-0.2, -0.15) is 0 Å². The van der Waals surface area contributed by atoms with Crippen LogP contribution in [0.3, 0.4) is 0 Å². The molecule has 1 aliphatic heterocycles. The van der Waals surface area contributed by atoms with Crippen LogP contribution in [0.15, 0.2) is 18.2 Å². The number of hydrogen-bond donors (Lipinski definition) is 1. The number of hydrogen-bond acceptors (Lipinski definition) is 3. The van der Waals surface area contributed by atoms with E-state index in [1.54, 1.807) is 6.07 Å². The summed E-state index contributed by atoms with van der Waals surface area (Å²) in [5.74, 6) is 3.71. The van der Waals surface area contributed by atoms with Crippen molar-refractivity contribution in [3.63, 3.8) is 0 Å². The zero-order valence-corrected chi connectivity index (χ0v) is 15.6.